The van der Waals surface area contributed by atoms with Crippen molar-refractivity contribution in [3.63, 3.8) is 0 Å². The molecule has 0 amide bonds. The van der Waals surface area contributed by atoms with Crippen molar-refractivity contribution in [1.82, 2.24) is 5.32 Å². The molecule has 0 bridgehead atoms. The van der Waals surface area contributed by atoms with Crippen LogP contribution in [0.2, 0.25) is 0 Å². The molecule has 3 nitrogen and oxygen atoms in total. The minimum Gasteiger partial charge on any atom is -0.494 e. The van der Waals surface area contributed by atoms with Gasteiger partial charge in [0.1, 0.15) is 5.75 Å². The number of hydrogen-bond acceptors (Lipinski definition) is 3. The second kappa shape index (κ2) is 7.43. The summed E-state index contributed by atoms with van der Waals surface area (Å²) in [6.07, 6.45) is 2.80. The van der Waals surface area contributed by atoms with Crippen LogP contribution in [0.15, 0.2) is 22.7 Å². The average Bonchev–Trinajstić information content (AvgIpc) is 2.85. The normalized spacial score (nSPS) is 23.8. The molecule has 1 aromatic carbocycles. The van der Waals surface area contributed by atoms with Crippen molar-refractivity contribution in [3.05, 3.63) is 28.2 Å². The van der Waals surface area contributed by atoms with Gasteiger partial charge in [-0.1, -0.05) is 22.9 Å². The first-order valence-corrected chi connectivity index (χ1v) is 8.26. The number of halogens is 1. The van der Waals surface area contributed by atoms with Gasteiger partial charge in [-0.3, -0.25) is 0 Å². The Morgan fingerprint density at radius 1 is 1.40 bits per heavy atom. The maximum absolute atomic E-state index is 6.07. The molecular formula is C16H24BrNO2. The van der Waals surface area contributed by atoms with Crippen molar-refractivity contribution in [2.45, 2.75) is 51.9 Å². The van der Waals surface area contributed by atoms with Crippen LogP contribution >= 0.6 is 15.9 Å². The number of rotatable bonds is 6. The SMILES string of the molecule is CCNC(c1cc(Br)ccc1OCC)C1CCC(C)O1. The first-order valence-electron chi connectivity index (χ1n) is 7.46. The van der Waals surface area contributed by atoms with Gasteiger partial charge < -0.3 is 14.8 Å². The van der Waals surface area contributed by atoms with Gasteiger partial charge in [0.05, 0.1) is 24.9 Å². The maximum atomic E-state index is 6.07. The minimum atomic E-state index is 0.184. The second-order valence-electron chi connectivity index (χ2n) is 5.21. The number of ether oxygens (including phenoxy) is 2. The van der Waals surface area contributed by atoms with Crippen molar-refractivity contribution in [2.24, 2.45) is 0 Å². The molecule has 1 aliphatic heterocycles. The highest BCUT2D eigenvalue weighted by atomic mass is 79.9. The smallest absolute Gasteiger partial charge is 0.124 e. The molecule has 2 rings (SSSR count). The molecule has 1 heterocycles. The van der Waals surface area contributed by atoms with E-state index in [0.717, 1.165) is 29.6 Å². The van der Waals surface area contributed by atoms with Gasteiger partial charge in [0.2, 0.25) is 0 Å². The Kier molecular flexibility index (Phi) is 5.87. The molecule has 0 aliphatic carbocycles. The van der Waals surface area contributed by atoms with Crippen LogP contribution in [0.25, 0.3) is 0 Å². The zero-order valence-corrected chi connectivity index (χ0v) is 14.1. The summed E-state index contributed by atoms with van der Waals surface area (Å²) in [5.41, 5.74) is 1.18. The topological polar surface area (TPSA) is 30.5 Å². The molecule has 1 fully saturated rings. The highest BCUT2D eigenvalue weighted by molar-refractivity contribution is 9.10. The Balaban J connectivity index is 2.29. The molecule has 0 radical (unpaired) electrons. The largest absolute Gasteiger partial charge is 0.494 e. The molecule has 1 aliphatic rings. The molecule has 20 heavy (non-hydrogen) atoms. The Morgan fingerprint density at radius 2 is 2.20 bits per heavy atom. The quantitative estimate of drug-likeness (QED) is 0.846. The number of nitrogens with one attached hydrogen (secondary N) is 1. The molecule has 0 aromatic heterocycles. The average molecular weight is 342 g/mol. The molecular weight excluding hydrogens is 318 g/mol. The van der Waals surface area contributed by atoms with Gasteiger partial charge in [-0.2, -0.15) is 0 Å². The first kappa shape index (κ1) is 15.8. The van der Waals surface area contributed by atoms with E-state index in [9.17, 15) is 0 Å². The molecule has 1 N–H and O–H groups in total. The van der Waals surface area contributed by atoms with E-state index in [1.54, 1.807) is 0 Å². The van der Waals surface area contributed by atoms with Gasteiger partial charge in [0.25, 0.3) is 0 Å². The molecule has 0 spiro atoms. The van der Waals surface area contributed by atoms with Crippen LogP contribution in [0.3, 0.4) is 0 Å². The standard InChI is InChI=1S/C16H24BrNO2/c1-4-18-16(15-8-6-11(3)20-15)13-10-12(17)7-9-14(13)19-5-2/h7,9-11,15-16,18H,4-6,8H2,1-3H3. The Hall–Kier alpha value is -0.580. The number of likely N-dealkylation sites (N-methyl/N-ethyl adjacent to an activating group) is 1. The van der Waals surface area contributed by atoms with E-state index in [2.05, 4.69) is 41.2 Å². The van der Waals surface area contributed by atoms with Crippen molar-refractivity contribution >= 4 is 15.9 Å². The summed E-state index contributed by atoms with van der Waals surface area (Å²) in [4.78, 5) is 0. The summed E-state index contributed by atoms with van der Waals surface area (Å²) in [6.45, 7) is 7.88. The Bertz CT molecular complexity index is 438. The first-order chi connectivity index (χ1) is 9.65. The summed E-state index contributed by atoms with van der Waals surface area (Å²) in [6, 6.07) is 6.38. The summed E-state index contributed by atoms with van der Waals surface area (Å²) >= 11 is 3.56. The predicted octanol–water partition coefficient (Wildman–Crippen LogP) is 4.07. The molecule has 3 unspecified atom stereocenters. The third kappa shape index (κ3) is 3.74. The molecule has 3 atom stereocenters. The second-order valence-corrected chi connectivity index (χ2v) is 6.13. The van der Waals surface area contributed by atoms with Crippen LogP contribution in [0.1, 0.15) is 45.2 Å². The molecule has 0 saturated carbocycles. The molecule has 1 saturated heterocycles. The third-order valence-electron chi connectivity index (χ3n) is 3.67. The lowest BCUT2D eigenvalue weighted by molar-refractivity contribution is 0.0313. The van der Waals surface area contributed by atoms with Crippen molar-refractivity contribution in [2.75, 3.05) is 13.2 Å². The van der Waals surface area contributed by atoms with Gasteiger partial charge in [-0.25, -0.2) is 0 Å². The number of benzene rings is 1. The Morgan fingerprint density at radius 3 is 2.80 bits per heavy atom. The van der Waals surface area contributed by atoms with E-state index in [1.165, 1.54) is 5.56 Å². The van der Waals surface area contributed by atoms with Crippen molar-refractivity contribution in [1.29, 1.82) is 0 Å². The zero-order valence-electron chi connectivity index (χ0n) is 12.5. The number of hydrogen-bond donors (Lipinski definition) is 1. The lowest BCUT2D eigenvalue weighted by Gasteiger charge is -2.27. The summed E-state index contributed by atoms with van der Waals surface area (Å²) in [5.74, 6) is 0.949. The monoisotopic (exact) mass is 341 g/mol. The predicted molar refractivity (Wildman–Crippen MR) is 85.3 cm³/mol. The van der Waals surface area contributed by atoms with E-state index in [0.29, 0.717) is 12.7 Å². The van der Waals surface area contributed by atoms with Gasteiger partial charge in [-0.15, -0.1) is 0 Å². The van der Waals surface area contributed by atoms with Crippen molar-refractivity contribution in [3.8, 4) is 5.75 Å². The van der Waals surface area contributed by atoms with Gasteiger partial charge in [0.15, 0.2) is 0 Å². The highest BCUT2D eigenvalue weighted by Gasteiger charge is 2.31. The van der Waals surface area contributed by atoms with E-state index < -0.39 is 0 Å². The summed E-state index contributed by atoms with van der Waals surface area (Å²) < 4.78 is 12.9. The third-order valence-corrected chi connectivity index (χ3v) is 4.16. The van der Waals surface area contributed by atoms with Gasteiger partial charge in [-0.05, 0) is 51.4 Å². The zero-order chi connectivity index (χ0) is 14.5. The van der Waals surface area contributed by atoms with Crippen LogP contribution < -0.4 is 10.1 Å². The van der Waals surface area contributed by atoms with Crippen LogP contribution in [0.4, 0.5) is 0 Å². The van der Waals surface area contributed by atoms with Crippen LogP contribution in [0.5, 0.6) is 5.75 Å². The van der Waals surface area contributed by atoms with Gasteiger partial charge >= 0.3 is 0 Å². The van der Waals surface area contributed by atoms with E-state index in [-0.39, 0.29) is 12.1 Å². The summed E-state index contributed by atoms with van der Waals surface area (Å²) in [7, 11) is 0. The fourth-order valence-corrected chi connectivity index (χ4v) is 3.17. The molecule has 112 valence electrons. The van der Waals surface area contributed by atoms with E-state index in [4.69, 9.17) is 9.47 Å². The van der Waals surface area contributed by atoms with Crippen molar-refractivity contribution < 1.29 is 9.47 Å². The molecule has 1 aromatic rings. The fraction of sp³-hybridized carbons (Fsp3) is 0.625. The summed E-state index contributed by atoms with van der Waals surface area (Å²) in [5, 5.41) is 3.56. The lowest BCUT2D eigenvalue weighted by atomic mass is 9.98. The van der Waals surface area contributed by atoms with Crippen LogP contribution in [-0.4, -0.2) is 25.4 Å². The highest BCUT2D eigenvalue weighted by Crippen LogP contribution is 2.36. The lowest BCUT2D eigenvalue weighted by Crippen LogP contribution is -2.32. The maximum Gasteiger partial charge on any atom is 0.124 e. The van der Waals surface area contributed by atoms with E-state index in [1.807, 2.05) is 19.1 Å². The van der Waals surface area contributed by atoms with Crippen LogP contribution in [-0.2, 0) is 4.74 Å². The van der Waals surface area contributed by atoms with E-state index >= 15 is 0 Å². The minimum absolute atomic E-state index is 0.184. The fourth-order valence-electron chi connectivity index (χ4n) is 2.79. The van der Waals surface area contributed by atoms with Crippen LogP contribution in [0, 0.1) is 0 Å². The molecule has 4 heteroatoms. The Labute approximate surface area is 130 Å². The van der Waals surface area contributed by atoms with Gasteiger partial charge in [0, 0.05) is 10.0 Å².